The van der Waals surface area contributed by atoms with Crippen molar-refractivity contribution in [1.29, 1.82) is 0 Å². The first-order valence-corrected chi connectivity index (χ1v) is 9.44. The van der Waals surface area contributed by atoms with Crippen molar-refractivity contribution in [3.8, 4) is 0 Å². The molecule has 0 amide bonds. The molecule has 1 fully saturated rings. The predicted octanol–water partition coefficient (Wildman–Crippen LogP) is 3.24. The Labute approximate surface area is 166 Å². The van der Waals surface area contributed by atoms with Gasteiger partial charge in [0, 0.05) is 44.9 Å². The van der Waals surface area contributed by atoms with Gasteiger partial charge in [-0.1, -0.05) is 0 Å². The third kappa shape index (κ3) is 10.0. The Hall–Kier alpha value is -0.0800. The molecule has 24 heavy (non-hydrogen) atoms. The van der Waals surface area contributed by atoms with Crippen LogP contribution in [0.1, 0.15) is 60.3 Å². The molecule has 1 saturated heterocycles. The van der Waals surface area contributed by atoms with Gasteiger partial charge in [-0.05, 0) is 60.3 Å². The number of nitrogens with one attached hydrogen (secondary N) is 2. The molecule has 0 radical (unpaired) electrons. The number of guanidine groups is 1. The molecule has 1 atom stereocenters. The lowest BCUT2D eigenvalue weighted by Crippen LogP contribution is -2.39. The lowest BCUT2D eigenvalue weighted by Gasteiger charge is -2.30. The Morgan fingerprint density at radius 1 is 1.21 bits per heavy atom. The fourth-order valence-corrected chi connectivity index (χ4v) is 3.12. The first-order chi connectivity index (χ1) is 11.0. The molecule has 0 aliphatic carbocycles. The highest BCUT2D eigenvalue weighted by molar-refractivity contribution is 14.0. The average Bonchev–Trinajstić information content (AvgIpc) is 2.99. The number of nitrogens with zero attached hydrogens (tertiary/aromatic N) is 2. The van der Waals surface area contributed by atoms with E-state index in [9.17, 15) is 0 Å². The summed E-state index contributed by atoms with van der Waals surface area (Å²) >= 11 is 0. The highest BCUT2D eigenvalue weighted by Crippen LogP contribution is 2.14. The van der Waals surface area contributed by atoms with Gasteiger partial charge >= 0.3 is 0 Å². The Morgan fingerprint density at radius 3 is 2.46 bits per heavy atom. The molecule has 0 bridgehead atoms. The fraction of sp³-hybridized carbons (Fsp3) is 0.944. The van der Waals surface area contributed by atoms with Crippen LogP contribution in [0.3, 0.4) is 0 Å². The number of rotatable bonds is 10. The topological polar surface area (TPSA) is 48.9 Å². The first-order valence-electron chi connectivity index (χ1n) is 9.44. The highest BCUT2D eigenvalue weighted by Gasteiger charge is 2.15. The largest absolute Gasteiger partial charge is 0.378 e. The molecule has 1 aliphatic heterocycles. The maximum atomic E-state index is 5.66. The van der Waals surface area contributed by atoms with Crippen LogP contribution in [0, 0.1) is 0 Å². The molecule has 2 N–H and O–H groups in total. The van der Waals surface area contributed by atoms with Crippen molar-refractivity contribution in [2.45, 2.75) is 78.5 Å². The molecule has 0 saturated carbocycles. The fourth-order valence-electron chi connectivity index (χ4n) is 3.12. The summed E-state index contributed by atoms with van der Waals surface area (Å²) in [6.07, 6.45) is 5.02. The molecule has 1 unspecified atom stereocenters. The van der Waals surface area contributed by atoms with E-state index in [0.29, 0.717) is 18.2 Å². The van der Waals surface area contributed by atoms with Gasteiger partial charge in [-0.2, -0.15) is 0 Å². The molecule has 5 nitrogen and oxygen atoms in total. The van der Waals surface area contributed by atoms with Crippen molar-refractivity contribution in [3.63, 3.8) is 0 Å². The zero-order valence-electron chi connectivity index (χ0n) is 16.3. The number of ether oxygens (including phenoxy) is 1. The minimum atomic E-state index is 0. The Morgan fingerprint density at radius 2 is 1.92 bits per heavy atom. The number of hydrogen-bond acceptors (Lipinski definition) is 3. The quantitative estimate of drug-likeness (QED) is 0.230. The second-order valence-corrected chi connectivity index (χ2v) is 6.89. The summed E-state index contributed by atoms with van der Waals surface area (Å²) in [5.41, 5.74) is 0. The summed E-state index contributed by atoms with van der Waals surface area (Å²) in [7, 11) is 0. The van der Waals surface area contributed by atoms with Crippen LogP contribution in [0.2, 0.25) is 0 Å². The van der Waals surface area contributed by atoms with Crippen molar-refractivity contribution in [3.05, 3.63) is 0 Å². The molecule has 0 aromatic carbocycles. The van der Waals surface area contributed by atoms with E-state index < -0.39 is 0 Å². The molecule has 0 aromatic rings. The second kappa shape index (κ2) is 14.1. The minimum Gasteiger partial charge on any atom is -0.378 e. The summed E-state index contributed by atoms with van der Waals surface area (Å²) in [6.45, 7) is 15.9. The Balaban J connectivity index is 0.00000529. The van der Waals surface area contributed by atoms with E-state index in [0.717, 1.165) is 51.6 Å². The molecular formula is C18H39IN4O. The summed E-state index contributed by atoms with van der Waals surface area (Å²) < 4.78 is 5.66. The minimum absolute atomic E-state index is 0. The van der Waals surface area contributed by atoms with Crippen LogP contribution in [0.5, 0.6) is 0 Å². The molecule has 6 heteroatoms. The van der Waals surface area contributed by atoms with Crippen LogP contribution in [-0.4, -0.2) is 61.8 Å². The van der Waals surface area contributed by atoms with Crippen molar-refractivity contribution < 1.29 is 4.74 Å². The molecule has 1 heterocycles. The number of halogens is 1. The lowest BCUT2D eigenvalue weighted by molar-refractivity contribution is 0.105. The van der Waals surface area contributed by atoms with Crippen LogP contribution in [-0.2, 0) is 4.74 Å². The summed E-state index contributed by atoms with van der Waals surface area (Å²) in [6, 6.07) is 1.19. The monoisotopic (exact) mass is 454 g/mol. The highest BCUT2D eigenvalue weighted by atomic mass is 127. The third-order valence-corrected chi connectivity index (χ3v) is 4.30. The van der Waals surface area contributed by atoms with Crippen LogP contribution >= 0.6 is 24.0 Å². The van der Waals surface area contributed by atoms with E-state index in [-0.39, 0.29) is 24.0 Å². The van der Waals surface area contributed by atoms with Gasteiger partial charge in [0.15, 0.2) is 5.96 Å². The third-order valence-electron chi connectivity index (χ3n) is 4.30. The van der Waals surface area contributed by atoms with Crippen LogP contribution < -0.4 is 10.6 Å². The molecule has 0 spiro atoms. The van der Waals surface area contributed by atoms with E-state index in [2.05, 4.69) is 50.2 Å². The van der Waals surface area contributed by atoms with Crippen molar-refractivity contribution in [1.82, 2.24) is 15.5 Å². The van der Waals surface area contributed by atoms with Gasteiger partial charge in [0.1, 0.15) is 0 Å². The van der Waals surface area contributed by atoms with Crippen LogP contribution in [0.4, 0.5) is 0 Å². The van der Waals surface area contributed by atoms with E-state index in [1.807, 2.05) is 0 Å². The molecule has 0 aromatic heterocycles. The molecule has 1 rings (SSSR count). The van der Waals surface area contributed by atoms with Crippen LogP contribution in [0.25, 0.3) is 0 Å². The molecular weight excluding hydrogens is 415 g/mol. The smallest absolute Gasteiger partial charge is 0.191 e. The predicted molar refractivity (Wildman–Crippen MR) is 115 cm³/mol. The number of aliphatic imine (C=N–C) groups is 1. The normalized spacial score (nSPS) is 18.3. The van der Waals surface area contributed by atoms with E-state index >= 15 is 0 Å². The van der Waals surface area contributed by atoms with Gasteiger partial charge in [0.2, 0.25) is 0 Å². The van der Waals surface area contributed by atoms with Gasteiger partial charge in [-0.15, -0.1) is 24.0 Å². The average molecular weight is 454 g/mol. The van der Waals surface area contributed by atoms with Gasteiger partial charge in [-0.25, -0.2) is 0 Å². The van der Waals surface area contributed by atoms with E-state index in [1.165, 1.54) is 12.8 Å². The lowest BCUT2D eigenvalue weighted by atomic mass is 10.2. The summed E-state index contributed by atoms with van der Waals surface area (Å²) in [5, 5.41) is 6.75. The van der Waals surface area contributed by atoms with Gasteiger partial charge < -0.3 is 15.4 Å². The zero-order chi connectivity index (χ0) is 17.1. The van der Waals surface area contributed by atoms with E-state index in [1.54, 1.807) is 0 Å². The standard InChI is InChI=1S/C18H38N4O.HI/c1-6-19-18(21-12-10-17-9-7-14-23-17)20-11-8-13-22(15(2)3)16(4)5;/h15-17H,6-14H2,1-5H3,(H2,19,20,21);1H. The summed E-state index contributed by atoms with van der Waals surface area (Å²) in [4.78, 5) is 7.22. The van der Waals surface area contributed by atoms with Crippen molar-refractivity contribution in [2.24, 2.45) is 4.99 Å². The SMILES string of the molecule is CCNC(=NCCCN(C(C)C)C(C)C)NCCC1CCCO1.I. The number of hydrogen-bond donors (Lipinski definition) is 2. The Kier molecular flexibility index (Phi) is 14.1. The second-order valence-electron chi connectivity index (χ2n) is 6.89. The van der Waals surface area contributed by atoms with Gasteiger partial charge in [0.25, 0.3) is 0 Å². The van der Waals surface area contributed by atoms with Gasteiger partial charge in [0.05, 0.1) is 6.10 Å². The van der Waals surface area contributed by atoms with Crippen molar-refractivity contribution >= 4 is 29.9 Å². The van der Waals surface area contributed by atoms with Crippen molar-refractivity contribution in [2.75, 3.05) is 32.8 Å². The first kappa shape index (κ1) is 23.9. The zero-order valence-corrected chi connectivity index (χ0v) is 18.6. The Bertz CT molecular complexity index is 323. The maximum absolute atomic E-state index is 5.66. The molecule has 1 aliphatic rings. The van der Waals surface area contributed by atoms with E-state index in [4.69, 9.17) is 9.73 Å². The van der Waals surface area contributed by atoms with Gasteiger partial charge in [-0.3, -0.25) is 9.89 Å². The molecule has 144 valence electrons. The van der Waals surface area contributed by atoms with Crippen LogP contribution in [0.15, 0.2) is 4.99 Å². The summed E-state index contributed by atoms with van der Waals surface area (Å²) in [5.74, 6) is 0.936. The maximum Gasteiger partial charge on any atom is 0.191 e.